The number of hydrogen-bond acceptors (Lipinski definition) is 5. The summed E-state index contributed by atoms with van der Waals surface area (Å²) in [6, 6.07) is 7.87. The molecule has 0 amide bonds. The van der Waals surface area contributed by atoms with E-state index in [0.717, 1.165) is 41.7 Å². The number of ether oxygens (including phenoxy) is 1. The summed E-state index contributed by atoms with van der Waals surface area (Å²) < 4.78 is 8.25. The maximum Gasteiger partial charge on any atom is 0.143 e. The van der Waals surface area contributed by atoms with Crippen LogP contribution in [0.5, 0.6) is 5.75 Å². The Labute approximate surface area is 170 Å². The summed E-state index contributed by atoms with van der Waals surface area (Å²) in [6.45, 7) is 4.23. The third-order valence-corrected chi connectivity index (χ3v) is 6.63. The lowest BCUT2D eigenvalue weighted by Gasteiger charge is -2.26. The van der Waals surface area contributed by atoms with Gasteiger partial charge in [0, 0.05) is 18.0 Å². The maximum atomic E-state index is 10.8. The zero-order valence-electron chi connectivity index (χ0n) is 16.8. The third kappa shape index (κ3) is 3.11. The molecule has 5 unspecified atom stereocenters. The molecule has 1 aromatic carbocycles. The lowest BCUT2D eigenvalue weighted by Crippen LogP contribution is -2.34. The van der Waals surface area contributed by atoms with Gasteiger partial charge in [0.25, 0.3) is 0 Å². The SMILES string of the molecule is Cc1ncnc2c1ccn2C1CC(Oc2cccc3c2CCC(C)C3)C(O)C1O. The number of benzene rings is 1. The van der Waals surface area contributed by atoms with Crippen molar-refractivity contribution in [3.05, 3.63) is 53.6 Å². The summed E-state index contributed by atoms with van der Waals surface area (Å²) in [4.78, 5) is 8.64. The molecule has 0 saturated heterocycles. The summed E-state index contributed by atoms with van der Waals surface area (Å²) in [6.07, 6.45) is 4.89. The first kappa shape index (κ1) is 18.6. The van der Waals surface area contributed by atoms with Gasteiger partial charge in [0.2, 0.25) is 0 Å². The molecule has 6 nitrogen and oxygen atoms in total. The fourth-order valence-corrected chi connectivity index (χ4v) is 4.95. The molecule has 2 heterocycles. The predicted octanol–water partition coefficient (Wildman–Crippen LogP) is 2.98. The van der Waals surface area contributed by atoms with Crippen molar-refractivity contribution in [2.45, 2.75) is 63.9 Å². The molecule has 0 radical (unpaired) electrons. The highest BCUT2D eigenvalue weighted by Crippen LogP contribution is 2.38. The van der Waals surface area contributed by atoms with E-state index in [0.29, 0.717) is 12.3 Å². The molecule has 2 N–H and O–H groups in total. The second-order valence-corrected chi connectivity index (χ2v) is 8.60. The average Bonchev–Trinajstić information content (AvgIpc) is 3.25. The molecule has 1 saturated carbocycles. The third-order valence-electron chi connectivity index (χ3n) is 6.63. The number of fused-ring (bicyclic) bond motifs is 2. The fourth-order valence-electron chi connectivity index (χ4n) is 4.95. The number of aromatic nitrogens is 3. The highest BCUT2D eigenvalue weighted by Gasteiger charge is 2.44. The van der Waals surface area contributed by atoms with E-state index < -0.39 is 18.3 Å². The van der Waals surface area contributed by atoms with E-state index in [1.165, 1.54) is 17.5 Å². The Morgan fingerprint density at radius 2 is 2.00 bits per heavy atom. The number of hydrogen-bond donors (Lipinski definition) is 2. The molecule has 0 spiro atoms. The first-order chi connectivity index (χ1) is 14.0. The Kier molecular flexibility index (Phi) is 4.56. The molecule has 2 aliphatic carbocycles. The minimum atomic E-state index is -0.946. The Hall–Kier alpha value is -2.44. The highest BCUT2D eigenvalue weighted by molar-refractivity contribution is 5.78. The van der Waals surface area contributed by atoms with Crippen LogP contribution >= 0.6 is 0 Å². The van der Waals surface area contributed by atoms with E-state index in [2.05, 4.69) is 23.0 Å². The largest absolute Gasteiger partial charge is 0.487 e. The molecule has 5 rings (SSSR count). The van der Waals surface area contributed by atoms with Crippen LogP contribution in [0.1, 0.15) is 42.6 Å². The van der Waals surface area contributed by atoms with Gasteiger partial charge >= 0.3 is 0 Å². The summed E-state index contributed by atoms with van der Waals surface area (Å²) in [5.41, 5.74) is 4.28. The molecule has 0 aliphatic heterocycles. The van der Waals surface area contributed by atoms with Crippen LogP contribution in [0.25, 0.3) is 11.0 Å². The van der Waals surface area contributed by atoms with Crippen LogP contribution in [-0.2, 0) is 12.8 Å². The first-order valence-electron chi connectivity index (χ1n) is 10.4. The average molecular weight is 393 g/mol. The van der Waals surface area contributed by atoms with E-state index in [1.807, 2.05) is 35.9 Å². The van der Waals surface area contributed by atoms with Crippen molar-refractivity contribution >= 4 is 11.0 Å². The normalized spacial score (nSPS) is 29.2. The lowest BCUT2D eigenvalue weighted by atomic mass is 9.84. The zero-order chi connectivity index (χ0) is 20.1. The van der Waals surface area contributed by atoms with Crippen LogP contribution in [0.15, 0.2) is 36.8 Å². The Bertz CT molecular complexity index is 1050. The van der Waals surface area contributed by atoms with Gasteiger partial charge in [0.05, 0.1) is 11.7 Å². The minimum Gasteiger partial charge on any atom is -0.487 e. The van der Waals surface area contributed by atoms with Crippen molar-refractivity contribution in [1.82, 2.24) is 14.5 Å². The molecule has 29 heavy (non-hydrogen) atoms. The van der Waals surface area contributed by atoms with Gasteiger partial charge in [-0.1, -0.05) is 19.1 Å². The Balaban J connectivity index is 1.42. The van der Waals surface area contributed by atoms with Gasteiger partial charge in [-0.15, -0.1) is 0 Å². The molecule has 2 aromatic heterocycles. The molecule has 3 aromatic rings. The van der Waals surface area contributed by atoms with Crippen LogP contribution in [0.4, 0.5) is 0 Å². The van der Waals surface area contributed by atoms with Crippen LogP contribution in [-0.4, -0.2) is 43.1 Å². The molecule has 1 fully saturated rings. The van der Waals surface area contributed by atoms with Crippen molar-refractivity contribution in [2.75, 3.05) is 0 Å². The van der Waals surface area contributed by atoms with E-state index in [-0.39, 0.29) is 6.04 Å². The lowest BCUT2D eigenvalue weighted by molar-refractivity contribution is -0.0166. The van der Waals surface area contributed by atoms with Gasteiger partial charge in [-0.05, 0) is 55.4 Å². The molecular weight excluding hydrogens is 366 g/mol. The number of aryl methyl sites for hydroxylation is 1. The zero-order valence-corrected chi connectivity index (χ0v) is 16.8. The van der Waals surface area contributed by atoms with Gasteiger partial charge in [-0.3, -0.25) is 0 Å². The molecule has 6 heteroatoms. The molecular formula is C23H27N3O3. The molecule has 5 atom stereocenters. The second-order valence-electron chi connectivity index (χ2n) is 8.60. The fraction of sp³-hybridized carbons (Fsp3) is 0.478. The van der Waals surface area contributed by atoms with Gasteiger partial charge in [-0.25, -0.2) is 9.97 Å². The summed E-state index contributed by atoms with van der Waals surface area (Å²) >= 11 is 0. The monoisotopic (exact) mass is 393 g/mol. The predicted molar refractivity (Wildman–Crippen MR) is 110 cm³/mol. The van der Waals surface area contributed by atoms with Gasteiger partial charge in [0.1, 0.15) is 36.0 Å². The summed E-state index contributed by atoms with van der Waals surface area (Å²) in [5.74, 6) is 1.54. The van der Waals surface area contributed by atoms with Crippen molar-refractivity contribution in [2.24, 2.45) is 5.92 Å². The topological polar surface area (TPSA) is 80.4 Å². The quantitative estimate of drug-likeness (QED) is 0.715. The van der Waals surface area contributed by atoms with E-state index in [1.54, 1.807) is 0 Å². The van der Waals surface area contributed by atoms with Crippen molar-refractivity contribution in [3.8, 4) is 5.75 Å². The van der Waals surface area contributed by atoms with Crippen molar-refractivity contribution in [1.29, 1.82) is 0 Å². The highest BCUT2D eigenvalue weighted by atomic mass is 16.5. The summed E-state index contributed by atoms with van der Waals surface area (Å²) in [7, 11) is 0. The Morgan fingerprint density at radius 3 is 2.86 bits per heavy atom. The van der Waals surface area contributed by atoms with E-state index >= 15 is 0 Å². The smallest absolute Gasteiger partial charge is 0.143 e. The first-order valence-corrected chi connectivity index (χ1v) is 10.4. The number of aliphatic hydroxyl groups is 2. The number of nitrogens with zero attached hydrogens (tertiary/aromatic N) is 3. The van der Waals surface area contributed by atoms with Gasteiger partial charge < -0.3 is 19.5 Å². The van der Waals surface area contributed by atoms with E-state index in [4.69, 9.17) is 4.74 Å². The van der Waals surface area contributed by atoms with Gasteiger partial charge in [0.15, 0.2) is 0 Å². The van der Waals surface area contributed by atoms with Gasteiger partial charge in [-0.2, -0.15) is 0 Å². The minimum absolute atomic E-state index is 0.290. The van der Waals surface area contributed by atoms with Crippen molar-refractivity contribution in [3.63, 3.8) is 0 Å². The van der Waals surface area contributed by atoms with Crippen LogP contribution in [0, 0.1) is 12.8 Å². The second kappa shape index (κ2) is 7.11. The molecule has 0 bridgehead atoms. The molecule has 2 aliphatic rings. The standard InChI is InChI=1S/C23H27N3O3/c1-13-6-7-17-15(10-13)4-3-5-19(17)29-20-11-18(21(27)22(20)28)26-9-8-16-14(2)24-12-25-23(16)26/h3-5,8-9,12-13,18,20-22,27-28H,6-7,10-11H2,1-2H3. The van der Waals surface area contributed by atoms with E-state index in [9.17, 15) is 10.2 Å². The Morgan fingerprint density at radius 1 is 1.14 bits per heavy atom. The van der Waals surface area contributed by atoms with Crippen LogP contribution in [0.2, 0.25) is 0 Å². The number of aliphatic hydroxyl groups excluding tert-OH is 2. The van der Waals surface area contributed by atoms with Crippen molar-refractivity contribution < 1.29 is 14.9 Å². The van der Waals surface area contributed by atoms with Crippen LogP contribution < -0.4 is 4.74 Å². The molecule has 152 valence electrons. The maximum absolute atomic E-state index is 10.8. The number of rotatable bonds is 3. The van der Waals surface area contributed by atoms with Crippen LogP contribution in [0.3, 0.4) is 0 Å². The summed E-state index contributed by atoms with van der Waals surface area (Å²) in [5, 5.41) is 22.5.